The Labute approximate surface area is 736 Å². The highest BCUT2D eigenvalue weighted by molar-refractivity contribution is 7.88. The second kappa shape index (κ2) is 37.7. The number of ether oxygens (including phenoxy) is 2. The summed E-state index contributed by atoms with van der Waals surface area (Å²) in [5.74, 6) is 7.93. The van der Waals surface area contributed by atoms with E-state index >= 15 is 0 Å². The first-order valence-electron chi connectivity index (χ1n) is 39.1. The Kier molecular flexibility index (Phi) is 27.2. The zero-order valence-electron chi connectivity index (χ0n) is 68.3. The molecule has 26 nitrogen and oxygen atoms in total. The number of thiazole rings is 4. The molecule has 2 saturated carbocycles. The maximum absolute atomic E-state index is 12.9. The molecule has 0 aromatic carbocycles. The van der Waals surface area contributed by atoms with Gasteiger partial charge in [0, 0.05) is 168 Å². The molecular formula is C82H92N20O6S12. The topological polar surface area (TPSA) is 365 Å². The molecule has 2 aliphatic rings. The van der Waals surface area contributed by atoms with E-state index in [1.54, 1.807) is 73.0 Å². The van der Waals surface area contributed by atoms with E-state index in [1.165, 1.54) is 82.4 Å². The molecule has 18 rings (SSSR count). The van der Waals surface area contributed by atoms with Crippen molar-refractivity contribution in [1.29, 1.82) is 0 Å². The van der Waals surface area contributed by atoms with Crippen LogP contribution in [0.25, 0.3) is 129 Å². The van der Waals surface area contributed by atoms with Crippen LogP contribution in [0, 0.1) is 0 Å². The predicted molar refractivity (Wildman–Crippen MR) is 500 cm³/mol. The van der Waals surface area contributed by atoms with E-state index in [0.29, 0.717) is 85.1 Å². The highest BCUT2D eigenvalue weighted by Crippen LogP contribution is 2.50. The summed E-state index contributed by atoms with van der Waals surface area (Å²) in [5, 5.41) is 14.5. The SMILES string of the molecule is CCCCS(=O)c1sc2nc(-c3nccs3)cc(-c3cnc(C(C)C)n3C)c2c1N.CCCCS(=O)c1sc2nc(-c3nccs3)cc(-c3cnc(C4CC4)n3C)c2c1N.COCCS(=O)c1sc2nc(-c3nccs3)cc(-c3cnc(C(C)C)n3C)c2c1N.COCCS(=O)c1sc2nc(-c3nccs3)cc(-c3cnc(C4CC4)n3C)c2c1N. The van der Waals surface area contributed by atoms with Gasteiger partial charge in [-0.3, -0.25) is 16.8 Å². The molecule has 120 heavy (non-hydrogen) atoms. The van der Waals surface area contributed by atoms with Gasteiger partial charge < -0.3 is 50.7 Å². The van der Waals surface area contributed by atoms with Crippen LogP contribution in [0.4, 0.5) is 22.7 Å². The Morgan fingerprint density at radius 3 is 0.900 bits per heavy atom. The number of thiophene rings is 4. The van der Waals surface area contributed by atoms with Gasteiger partial charge in [-0.1, -0.05) is 54.4 Å². The maximum Gasteiger partial charge on any atom is 0.141 e. The standard InChI is InChI=1S/C21H23N5OS3.C21H25N5OS3.C20H21N5O2S3.C20H23N5O2S3/c1-3-4-9-30(27)21-17(22)16-13(15-11-24-18(26(15)2)12-5-6-12)10-14(25-20(16)29-21)19-23-7-8-28-19;1-5-6-9-30(27)21-17(22)16-13(15-11-24-18(12(2)3)26(15)4)10-14(25-20(16)29-21)19-23-7-8-28-19;1-25-14(10-23-17(25)11-3-4-11)12-9-13(18-22-5-7-28-18)24-19-15(12)16(21)20(29-19)30(26)8-6-27-2;1-11(2)17-23-10-14(25(17)3)12-9-13(18-22-5-7-28-18)24-19-15(12)16(21)20(29-19)30(26)8-6-27-4/h7-8,10-12H,3-6,9,22H2,1-2H3;7-8,10-12H,5-6,9,22H2,1-4H3;5,7,9-11H,3-4,6,8,21H2,1-2H3;5,7,9-11H,6,8,21H2,1-4H3. The molecule has 16 aromatic rings. The zero-order chi connectivity index (χ0) is 84.5. The molecule has 16 heterocycles. The molecular weight excluding hydrogens is 1750 g/mol. The van der Waals surface area contributed by atoms with Gasteiger partial charge in [0.05, 0.1) is 138 Å². The number of hydrogen-bond acceptors (Lipinski definition) is 30. The highest BCUT2D eigenvalue weighted by atomic mass is 32.2. The van der Waals surface area contributed by atoms with E-state index in [2.05, 4.69) is 108 Å². The number of nitrogens with zero attached hydrogens (tertiary/aromatic N) is 16. The lowest BCUT2D eigenvalue weighted by molar-refractivity contribution is 0.218. The summed E-state index contributed by atoms with van der Waals surface area (Å²) < 4.78 is 72.9. The summed E-state index contributed by atoms with van der Waals surface area (Å²) in [6.07, 6.45) is 23.3. The minimum Gasteiger partial charge on any atom is -0.396 e. The zero-order valence-corrected chi connectivity index (χ0v) is 78.1. The molecule has 0 radical (unpaired) electrons. The molecule has 0 spiro atoms. The number of methoxy groups -OCH3 is 2. The van der Waals surface area contributed by atoms with Crippen LogP contribution in [-0.4, -0.2) is 145 Å². The van der Waals surface area contributed by atoms with E-state index in [9.17, 15) is 16.8 Å². The number of pyridine rings is 4. The Morgan fingerprint density at radius 1 is 0.400 bits per heavy atom. The van der Waals surface area contributed by atoms with Crippen LogP contribution in [0.3, 0.4) is 0 Å². The first kappa shape index (κ1) is 86.5. The second-order valence-corrected chi connectivity index (χ2v) is 44.1. The van der Waals surface area contributed by atoms with Crippen molar-refractivity contribution in [3.05, 3.63) is 119 Å². The molecule has 2 fully saturated rings. The Morgan fingerprint density at radius 2 is 0.667 bits per heavy atom. The van der Waals surface area contributed by atoms with Crippen molar-refractivity contribution in [2.75, 3.05) is 73.4 Å². The molecule has 4 atom stereocenters. The predicted octanol–water partition coefficient (Wildman–Crippen LogP) is 18.9. The normalized spacial score (nSPS) is 14.0. The lowest BCUT2D eigenvalue weighted by Crippen LogP contribution is -2.05. The fourth-order valence-electron chi connectivity index (χ4n) is 14.2. The van der Waals surface area contributed by atoms with Crippen LogP contribution in [0.2, 0.25) is 0 Å². The summed E-state index contributed by atoms with van der Waals surface area (Å²) in [5.41, 5.74) is 39.4. The van der Waals surface area contributed by atoms with Crippen molar-refractivity contribution in [2.45, 2.75) is 133 Å². The Balaban J connectivity index is 0.000000125. The molecule has 0 saturated heterocycles. The molecule has 0 bridgehead atoms. The van der Waals surface area contributed by atoms with Gasteiger partial charge in [-0.05, 0) is 62.8 Å². The number of imidazole rings is 4. The van der Waals surface area contributed by atoms with Crippen LogP contribution < -0.4 is 22.9 Å². The molecule has 2 aliphatic carbocycles. The lowest BCUT2D eigenvalue weighted by atomic mass is 10.1. The smallest absolute Gasteiger partial charge is 0.141 e. The van der Waals surface area contributed by atoms with E-state index in [-0.39, 0.29) is 5.92 Å². The summed E-state index contributed by atoms with van der Waals surface area (Å²) in [4.78, 5) is 58.8. The third kappa shape index (κ3) is 17.8. The quantitative estimate of drug-likeness (QED) is 0.0354. The molecule has 628 valence electrons. The minimum absolute atomic E-state index is 0.288. The summed E-state index contributed by atoms with van der Waals surface area (Å²) in [6, 6.07) is 8.12. The molecule has 38 heteroatoms. The highest BCUT2D eigenvalue weighted by Gasteiger charge is 2.34. The van der Waals surface area contributed by atoms with E-state index in [0.717, 1.165) is 186 Å². The van der Waals surface area contributed by atoms with Gasteiger partial charge >= 0.3 is 0 Å². The Hall–Kier alpha value is -8.48. The fourth-order valence-corrected chi connectivity index (χ4v) is 27.3. The third-order valence-corrected chi connectivity index (χ3v) is 35.4. The average molecular weight is 1840 g/mol. The van der Waals surface area contributed by atoms with Crippen molar-refractivity contribution in [3.63, 3.8) is 0 Å². The van der Waals surface area contributed by atoms with Gasteiger partial charge in [0.15, 0.2) is 0 Å². The van der Waals surface area contributed by atoms with Crippen LogP contribution >= 0.6 is 90.7 Å². The number of nitrogen functional groups attached to an aromatic ring is 4. The lowest BCUT2D eigenvalue weighted by Gasteiger charge is -2.11. The van der Waals surface area contributed by atoms with Crippen LogP contribution in [0.5, 0.6) is 0 Å². The maximum atomic E-state index is 12.9. The molecule has 16 aromatic heterocycles. The number of rotatable bonds is 28. The van der Waals surface area contributed by atoms with E-state index in [1.807, 2.05) is 85.6 Å². The number of hydrogen-bond donors (Lipinski definition) is 4. The van der Waals surface area contributed by atoms with Crippen molar-refractivity contribution in [2.24, 2.45) is 28.2 Å². The number of aromatic nitrogens is 16. The van der Waals surface area contributed by atoms with Gasteiger partial charge in [0.2, 0.25) is 0 Å². The fraction of sp³-hybridized carbons (Fsp3) is 0.366. The van der Waals surface area contributed by atoms with Gasteiger partial charge in [-0.25, -0.2) is 59.8 Å². The van der Waals surface area contributed by atoms with Crippen molar-refractivity contribution in [1.82, 2.24) is 78.1 Å². The largest absolute Gasteiger partial charge is 0.396 e. The number of unbranched alkanes of at least 4 members (excludes halogenated alkanes) is 2. The van der Waals surface area contributed by atoms with Gasteiger partial charge in [0.25, 0.3) is 0 Å². The summed E-state index contributed by atoms with van der Waals surface area (Å²) in [7, 11) is 6.61. The summed E-state index contributed by atoms with van der Waals surface area (Å²) in [6.45, 7) is 13.5. The number of nitrogens with two attached hydrogens (primary N) is 4. The second-order valence-electron chi connectivity index (χ2n) is 29.5. The molecule has 8 N–H and O–H groups in total. The monoisotopic (exact) mass is 1840 g/mol. The summed E-state index contributed by atoms with van der Waals surface area (Å²) >= 11 is 11.8. The average Bonchev–Trinajstić information content (AvgIpc) is 1.62. The van der Waals surface area contributed by atoms with Crippen molar-refractivity contribution >= 4 is 198 Å². The van der Waals surface area contributed by atoms with Gasteiger partial charge in [-0.15, -0.1) is 90.7 Å². The number of anilines is 4. The first-order valence-corrected chi connectivity index (χ1v) is 51.2. The molecule has 0 aliphatic heterocycles. The molecule has 0 amide bonds. The third-order valence-electron chi connectivity index (χ3n) is 20.5. The van der Waals surface area contributed by atoms with Crippen LogP contribution in [0.1, 0.15) is 140 Å². The van der Waals surface area contributed by atoms with Gasteiger partial charge in [0.1, 0.15) is 102 Å². The first-order chi connectivity index (χ1) is 58.0. The minimum atomic E-state index is -1.25. The van der Waals surface area contributed by atoms with Crippen molar-refractivity contribution < 1.29 is 26.3 Å². The van der Waals surface area contributed by atoms with Crippen LogP contribution in [0.15, 0.2) is 112 Å². The molecule has 4 unspecified atom stereocenters. The van der Waals surface area contributed by atoms with Crippen molar-refractivity contribution in [3.8, 4) is 87.8 Å². The Bertz CT molecular complexity index is 5680. The van der Waals surface area contributed by atoms with Crippen LogP contribution in [-0.2, 0) is 80.9 Å². The van der Waals surface area contributed by atoms with E-state index in [4.69, 9.17) is 57.3 Å². The van der Waals surface area contributed by atoms with E-state index < -0.39 is 43.2 Å². The van der Waals surface area contributed by atoms with Gasteiger partial charge in [-0.2, -0.15) is 0 Å². The number of fused-ring (bicyclic) bond motifs is 4.